The summed E-state index contributed by atoms with van der Waals surface area (Å²) in [7, 11) is 0. The first-order valence-electron chi connectivity index (χ1n) is 7.75. The van der Waals surface area contributed by atoms with Crippen LogP contribution < -0.4 is 4.90 Å². The predicted octanol–water partition coefficient (Wildman–Crippen LogP) is 2.60. The molecule has 0 unspecified atom stereocenters. The van der Waals surface area contributed by atoms with E-state index < -0.39 is 0 Å². The van der Waals surface area contributed by atoms with Gasteiger partial charge in [0.1, 0.15) is 16.6 Å². The highest BCUT2D eigenvalue weighted by molar-refractivity contribution is 7.10. The minimum absolute atomic E-state index is 0.320. The fourth-order valence-electron chi connectivity index (χ4n) is 2.82. The number of aromatic nitrogens is 3. The zero-order valence-corrected chi connectivity index (χ0v) is 14.6. The van der Waals surface area contributed by atoms with E-state index in [0.29, 0.717) is 10.7 Å². The van der Waals surface area contributed by atoms with E-state index in [9.17, 15) is 5.26 Å². The molecule has 8 heteroatoms. The zero-order chi connectivity index (χ0) is 16.2. The molecule has 1 saturated heterocycles. The lowest BCUT2D eigenvalue weighted by Crippen LogP contribution is -2.30. The van der Waals surface area contributed by atoms with Crippen LogP contribution in [0.15, 0.2) is 12.4 Å². The number of rotatable bonds is 4. The quantitative estimate of drug-likeness (QED) is 0.848. The second kappa shape index (κ2) is 7.30. The van der Waals surface area contributed by atoms with Crippen molar-refractivity contribution < 1.29 is 0 Å². The molecule has 0 radical (unpaired) electrons. The summed E-state index contributed by atoms with van der Waals surface area (Å²) in [6.45, 7) is 7.72. The molecule has 23 heavy (non-hydrogen) atoms. The van der Waals surface area contributed by atoms with Crippen LogP contribution in [0.25, 0.3) is 0 Å². The Kier molecular flexibility index (Phi) is 5.16. The third-order valence-corrected chi connectivity index (χ3v) is 5.32. The Morgan fingerprint density at radius 2 is 2.22 bits per heavy atom. The highest BCUT2D eigenvalue weighted by Crippen LogP contribution is 2.31. The summed E-state index contributed by atoms with van der Waals surface area (Å²) in [4.78, 5) is 4.67. The first kappa shape index (κ1) is 16.2. The number of nitrogens with zero attached hydrogens (tertiary/aromatic N) is 6. The lowest BCUT2D eigenvalue weighted by Gasteiger charge is -2.21. The first-order valence-corrected chi connectivity index (χ1v) is 8.90. The van der Waals surface area contributed by atoms with Crippen LogP contribution in [-0.4, -0.2) is 45.2 Å². The van der Waals surface area contributed by atoms with Gasteiger partial charge < -0.3 is 4.90 Å². The molecule has 3 rings (SSSR count). The third kappa shape index (κ3) is 3.66. The fourth-order valence-corrected chi connectivity index (χ4v) is 3.90. The summed E-state index contributed by atoms with van der Waals surface area (Å²) in [5.41, 5.74) is 1.76. The van der Waals surface area contributed by atoms with E-state index in [2.05, 4.69) is 38.5 Å². The molecule has 3 heterocycles. The topological polar surface area (TPSA) is 61.0 Å². The van der Waals surface area contributed by atoms with Crippen LogP contribution >= 0.6 is 23.1 Å². The maximum atomic E-state index is 9.25. The zero-order valence-electron chi connectivity index (χ0n) is 13.1. The van der Waals surface area contributed by atoms with Gasteiger partial charge in [0.25, 0.3) is 0 Å². The van der Waals surface area contributed by atoms with Crippen LogP contribution in [0, 0.1) is 11.3 Å². The molecule has 0 amide bonds. The summed E-state index contributed by atoms with van der Waals surface area (Å²) in [5, 5.41) is 14.8. The van der Waals surface area contributed by atoms with Crippen LogP contribution in [0.5, 0.6) is 0 Å². The Morgan fingerprint density at radius 3 is 2.96 bits per heavy atom. The normalized spacial score (nSPS) is 16.3. The molecule has 0 aromatic carbocycles. The Bertz CT molecular complexity index is 703. The van der Waals surface area contributed by atoms with Gasteiger partial charge in [-0.15, -0.1) is 0 Å². The van der Waals surface area contributed by atoms with Gasteiger partial charge in [0, 0.05) is 51.0 Å². The van der Waals surface area contributed by atoms with Crippen LogP contribution in [0.1, 0.15) is 24.5 Å². The van der Waals surface area contributed by atoms with Gasteiger partial charge >= 0.3 is 0 Å². The molecule has 0 aliphatic carbocycles. The Hall–Kier alpha value is -1.62. The molecular formula is C15H19ClN6S. The van der Waals surface area contributed by atoms with Crippen molar-refractivity contribution in [1.29, 1.82) is 5.26 Å². The van der Waals surface area contributed by atoms with Gasteiger partial charge in [-0.2, -0.15) is 14.7 Å². The molecule has 0 spiro atoms. The van der Waals surface area contributed by atoms with Crippen molar-refractivity contribution in [1.82, 2.24) is 19.1 Å². The van der Waals surface area contributed by atoms with Crippen molar-refractivity contribution in [3.63, 3.8) is 0 Å². The predicted molar refractivity (Wildman–Crippen MR) is 91.8 cm³/mol. The third-order valence-electron chi connectivity index (χ3n) is 4.04. The van der Waals surface area contributed by atoms with Gasteiger partial charge in [0.2, 0.25) is 0 Å². The van der Waals surface area contributed by atoms with Crippen molar-refractivity contribution >= 4 is 28.1 Å². The molecule has 6 nitrogen and oxygen atoms in total. The van der Waals surface area contributed by atoms with E-state index in [4.69, 9.17) is 11.6 Å². The molecule has 1 fully saturated rings. The van der Waals surface area contributed by atoms with Gasteiger partial charge in [0.05, 0.1) is 6.20 Å². The number of nitriles is 1. The molecule has 0 atom stereocenters. The van der Waals surface area contributed by atoms with Crippen molar-refractivity contribution in [2.75, 3.05) is 31.1 Å². The molecule has 122 valence electrons. The Morgan fingerprint density at radius 1 is 1.35 bits per heavy atom. The number of halogens is 1. The van der Waals surface area contributed by atoms with E-state index in [1.165, 1.54) is 17.1 Å². The second-order valence-corrected chi connectivity index (χ2v) is 6.70. The van der Waals surface area contributed by atoms with Gasteiger partial charge in [-0.25, -0.2) is 0 Å². The average Bonchev–Trinajstić information content (AvgIpc) is 3.08. The SMILES string of the molecule is CCn1cc(CN2CCCN(c3snc(Cl)c3C#N)CC2)cn1. The van der Waals surface area contributed by atoms with Gasteiger partial charge in [-0.3, -0.25) is 9.58 Å². The van der Waals surface area contributed by atoms with Gasteiger partial charge in [-0.1, -0.05) is 11.6 Å². The minimum atomic E-state index is 0.320. The van der Waals surface area contributed by atoms with Crippen LogP contribution in [0.4, 0.5) is 5.00 Å². The number of hydrogen-bond donors (Lipinski definition) is 0. The number of anilines is 1. The first-order chi connectivity index (χ1) is 11.2. The van der Waals surface area contributed by atoms with Gasteiger partial charge in [0.15, 0.2) is 5.15 Å². The fraction of sp³-hybridized carbons (Fsp3) is 0.533. The molecular weight excluding hydrogens is 332 g/mol. The Labute approximate surface area is 145 Å². The highest BCUT2D eigenvalue weighted by atomic mass is 35.5. The largest absolute Gasteiger partial charge is 0.360 e. The standard InChI is InChI=1S/C15H19ClN6S/c1-2-22-11-12(9-18-22)10-20-4-3-5-21(7-6-20)15-13(8-17)14(16)19-23-15/h9,11H,2-7,10H2,1H3. The summed E-state index contributed by atoms with van der Waals surface area (Å²) in [6, 6.07) is 2.17. The van der Waals surface area contributed by atoms with E-state index in [1.807, 2.05) is 10.9 Å². The summed E-state index contributed by atoms with van der Waals surface area (Å²) in [5.74, 6) is 0. The second-order valence-electron chi connectivity index (χ2n) is 5.59. The maximum Gasteiger partial charge on any atom is 0.162 e. The van der Waals surface area contributed by atoms with E-state index in [0.717, 1.165) is 50.7 Å². The lowest BCUT2D eigenvalue weighted by atomic mass is 10.3. The molecule has 2 aromatic heterocycles. The van der Waals surface area contributed by atoms with Crippen molar-refractivity contribution in [2.45, 2.75) is 26.4 Å². The van der Waals surface area contributed by atoms with Crippen LogP contribution in [0.2, 0.25) is 5.15 Å². The molecule has 0 saturated carbocycles. The Balaban J connectivity index is 1.64. The van der Waals surface area contributed by atoms with Crippen LogP contribution in [-0.2, 0) is 13.1 Å². The van der Waals surface area contributed by atoms with Crippen LogP contribution in [0.3, 0.4) is 0 Å². The van der Waals surface area contributed by atoms with Gasteiger partial charge in [-0.05, 0) is 24.9 Å². The smallest absolute Gasteiger partial charge is 0.162 e. The summed E-state index contributed by atoms with van der Waals surface area (Å²) in [6.07, 6.45) is 5.12. The van der Waals surface area contributed by atoms with E-state index >= 15 is 0 Å². The molecule has 1 aliphatic heterocycles. The molecule has 0 bridgehead atoms. The molecule has 1 aliphatic rings. The number of hydrogen-bond acceptors (Lipinski definition) is 6. The van der Waals surface area contributed by atoms with E-state index in [-0.39, 0.29) is 0 Å². The van der Waals surface area contributed by atoms with Crippen molar-refractivity contribution in [3.8, 4) is 6.07 Å². The molecule has 0 N–H and O–H groups in total. The highest BCUT2D eigenvalue weighted by Gasteiger charge is 2.21. The summed E-state index contributed by atoms with van der Waals surface area (Å²) >= 11 is 7.31. The maximum absolute atomic E-state index is 9.25. The minimum Gasteiger partial charge on any atom is -0.360 e. The lowest BCUT2D eigenvalue weighted by molar-refractivity contribution is 0.285. The monoisotopic (exact) mass is 350 g/mol. The number of aryl methyl sites for hydroxylation is 1. The molecule has 2 aromatic rings. The van der Waals surface area contributed by atoms with E-state index in [1.54, 1.807) is 0 Å². The average molecular weight is 351 g/mol. The van der Waals surface area contributed by atoms with Crippen molar-refractivity contribution in [2.24, 2.45) is 0 Å². The summed E-state index contributed by atoms with van der Waals surface area (Å²) < 4.78 is 6.07. The van der Waals surface area contributed by atoms with Crippen molar-refractivity contribution in [3.05, 3.63) is 28.7 Å².